The number of nitrogens with one attached hydrogen (secondary N) is 1. The molecule has 0 saturated heterocycles. The first-order valence-corrected chi connectivity index (χ1v) is 8.45. The fourth-order valence-corrected chi connectivity index (χ4v) is 3.27. The maximum atomic E-state index is 11.8. The van der Waals surface area contributed by atoms with Gasteiger partial charge >= 0.3 is 0 Å². The zero-order valence-electron chi connectivity index (χ0n) is 12.9. The lowest BCUT2D eigenvalue weighted by Crippen LogP contribution is -2.22. The number of amides is 1. The van der Waals surface area contributed by atoms with Crippen LogP contribution in [-0.2, 0) is 11.8 Å². The number of benzene rings is 2. The van der Waals surface area contributed by atoms with Gasteiger partial charge < -0.3 is 4.57 Å². The largest absolute Gasteiger partial charge is 0.320 e. The molecule has 0 aliphatic carbocycles. The van der Waals surface area contributed by atoms with E-state index in [1.165, 1.54) is 0 Å². The van der Waals surface area contributed by atoms with Gasteiger partial charge in [0.15, 0.2) is 4.80 Å². The van der Waals surface area contributed by atoms with Crippen molar-refractivity contribution in [1.82, 2.24) is 9.99 Å². The second kappa shape index (κ2) is 7.42. The zero-order valence-corrected chi connectivity index (χ0v) is 14.5. The average molecular weight is 359 g/mol. The van der Waals surface area contributed by atoms with Crippen LogP contribution < -0.4 is 10.2 Å². The molecule has 0 bridgehead atoms. The van der Waals surface area contributed by atoms with Gasteiger partial charge in [0.2, 0.25) is 0 Å². The van der Waals surface area contributed by atoms with Crippen molar-refractivity contribution in [3.8, 4) is 0 Å². The highest BCUT2D eigenvalue weighted by Crippen LogP contribution is 2.15. The molecule has 0 aliphatic rings. The molecule has 3 rings (SSSR count). The summed E-state index contributed by atoms with van der Waals surface area (Å²) >= 11 is 7.36. The summed E-state index contributed by atoms with van der Waals surface area (Å²) in [6, 6.07) is 15.2. The van der Waals surface area contributed by atoms with E-state index in [-0.39, 0.29) is 12.5 Å². The van der Waals surface area contributed by atoms with Crippen molar-refractivity contribution < 1.29 is 4.79 Å². The number of halogens is 1. The van der Waals surface area contributed by atoms with Crippen LogP contribution in [-0.4, -0.2) is 23.2 Å². The molecular weight excluding hydrogens is 344 g/mol. The average Bonchev–Trinajstić information content (AvgIpc) is 2.91. The van der Waals surface area contributed by atoms with Gasteiger partial charge in [-0.15, -0.1) is 0 Å². The molecule has 122 valence electrons. The fourth-order valence-electron chi connectivity index (χ4n) is 2.13. The molecule has 5 nitrogen and oxygen atoms in total. The van der Waals surface area contributed by atoms with Crippen LogP contribution in [0.1, 0.15) is 5.56 Å². The summed E-state index contributed by atoms with van der Waals surface area (Å²) in [6.07, 6.45) is 1.56. The van der Waals surface area contributed by atoms with Crippen molar-refractivity contribution in [2.24, 2.45) is 17.1 Å². The summed E-state index contributed by atoms with van der Waals surface area (Å²) in [5, 5.41) is 4.58. The van der Waals surface area contributed by atoms with Crippen molar-refractivity contribution in [3.05, 3.63) is 63.9 Å². The van der Waals surface area contributed by atoms with Crippen molar-refractivity contribution >= 4 is 45.3 Å². The standard InChI is InChI=1S/C17H15ClN4OS/c1-22-14-4-2-3-5-15(14)24-17(22)19-11-16(23)21-20-10-12-6-8-13(18)9-7-12/h2-10H,11H2,1H3,(H,21,23)/b19-17?,20-10-. The quantitative estimate of drug-likeness (QED) is 0.565. The molecule has 24 heavy (non-hydrogen) atoms. The molecule has 0 unspecified atom stereocenters. The normalized spacial score (nSPS) is 12.2. The lowest BCUT2D eigenvalue weighted by Gasteiger charge is -1.97. The number of fused-ring (bicyclic) bond motifs is 1. The van der Waals surface area contributed by atoms with Gasteiger partial charge in [-0.2, -0.15) is 5.10 Å². The second-order valence-electron chi connectivity index (χ2n) is 5.07. The fraction of sp³-hybridized carbons (Fsp3) is 0.118. The highest BCUT2D eigenvalue weighted by molar-refractivity contribution is 7.16. The van der Waals surface area contributed by atoms with Gasteiger partial charge in [0.1, 0.15) is 6.54 Å². The topological polar surface area (TPSA) is 58.8 Å². The molecule has 2 aromatic carbocycles. The second-order valence-corrected chi connectivity index (χ2v) is 6.52. The van der Waals surface area contributed by atoms with E-state index in [9.17, 15) is 4.79 Å². The van der Waals surface area contributed by atoms with Crippen LogP contribution in [0.2, 0.25) is 5.02 Å². The minimum atomic E-state index is -0.266. The number of para-hydroxylation sites is 1. The number of rotatable bonds is 4. The van der Waals surface area contributed by atoms with Gasteiger partial charge in [-0.25, -0.2) is 10.4 Å². The van der Waals surface area contributed by atoms with E-state index in [0.717, 1.165) is 20.6 Å². The molecule has 0 spiro atoms. The van der Waals surface area contributed by atoms with E-state index in [0.29, 0.717) is 5.02 Å². The molecule has 7 heteroatoms. The molecule has 0 fully saturated rings. The highest BCUT2D eigenvalue weighted by Gasteiger charge is 2.02. The number of hydrogen-bond donors (Lipinski definition) is 1. The molecule has 1 amide bonds. The van der Waals surface area contributed by atoms with Crippen LogP contribution in [0.5, 0.6) is 0 Å². The summed E-state index contributed by atoms with van der Waals surface area (Å²) in [5.74, 6) is -0.266. The number of thiazole rings is 1. The first kappa shape index (κ1) is 16.4. The number of aryl methyl sites for hydroxylation is 1. The lowest BCUT2D eigenvalue weighted by atomic mass is 10.2. The maximum Gasteiger partial charge on any atom is 0.261 e. The highest BCUT2D eigenvalue weighted by atomic mass is 35.5. The van der Waals surface area contributed by atoms with E-state index in [4.69, 9.17) is 11.6 Å². The van der Waals surface area contributed by atoms with Crippen molar-refractivity contribution in [1.29, 1.82) is 0 Å². The smallest absolute Gasteiger partial charge is 0.261 e. The SMILES string of the molecule is Cn1c(=NCC(=O)N/N=C\c2ccc(Cl)cc2)sc2ccccc21. The van der Waals surface area contributed by atoms with Crippen molar-refractivity contribution in [3.63, 3.8) is 0 Å². The number of carbonyl (C=O) groups is 1. The van der Waals surface area contributed by atoms with Crippen molar-refractivity contribution in [2.75, 3.05) is 6.54 Å². The molecule has 1 aromatic heterocycles. The Morgan fingerprint density at radius 3 is 2.75 bits per heavy atom. The number of aromatic nitrogens is 1. The third-order valence-electron chi connectivity index (χ3n) is 3.35. The van der Waals surface area contributed by atoms with E-state index >= 15 is 0 Å². The summed E-state index contributed by atoms with van der Waals surface area (Å²) in [7, 11) is 1.94. The molecule has 0 atom stereocenters. The third kappa shape index (κ3) is 3.90. The predicted octanol–water partition coefficient (Wildman–Crippen LogP) is 2.94. The van der Waals surface area contributed by atoms with Gasteiger partial charge in [0.05, 0.1) is 16.4 Å². The molecule has 1 heterocycles. The maximum absolute atomic E-state index is 11.8. The Morgan fingerprint density at radius 2 is 2.00 bits per heavy atom. The van der Waals surface area contributed by atoms with Gasteiger partial charge in [-0.05, 0) is 29.8 Å². The van der Waals surface area contributed by atoms with Gasteiger partial charge in [-0.3, -0.25) is 4.79 Å². The Labute approximate surface area is 147 Å². The monoisotopic (exact) mass is 358 g/mol. The third-order valence-corrected chi connectivity index (χ3v) is 4.75. The van der Waals surface area contributed by atoms with Crippen LogP contribution >= 0.6 is 22.9 Å². The molecule has 1 N–H and O–H groups in total. The Hall–Kier alpha value is -2.44. The molecule has 0 saturated carbocycles. The summed E-state index contributed by atoms with van der Waals surface area (Å²) in [6.45, 7) is 0.0264. The molecule has 0 radical (unpaired) electrons. The summed E-state index contributed by atoms with van der Waals surface area (Å²) in [5.41, 5.74) is 4.42. The van der Waals surface area contributed by atoms with E-state index in [2.05, 4.69) is 15.5 Å². The van der Waals surface area contributed by atoms with Crippen LogP contribution in [0, 0.1) is 0 Å². The van der Waals surface area contributed by atoms with Gasteiger partial charge in [0, 0.05) is 12.1 Å². The number of nitrogens with zero attached hydrogens (tertiary/aromatic N) is 3. The van der Waals surface area contributed by atoms with Gasteiger partial charge in [-0.1, -0.05) is 47.2 Å². The Balaban J connectivity index is 1.64. The zero-order chi connectivity index (χ0) is 16.9. The molecular formula is C17H15ClN4OS. The van der Waals surface area contributed by atoms with E-state index in [1.54, 1.807) is 29.7 Å². The minimum absolute atomic E-state index is 0.0264. The Morgan fingerprint density at radius 1 is 1.25 bits per heavy atom. The van der Waals surface area contributed by atoms with Crippen LogP contribution in [0.25, 0.3) is 10.2 Å². The van der Waals surface area contributed by atoms with E-state index < -0.39 is 0 Å². The summed E-state index contributed by atoms with van der Waals surface area (Å²) < 4.78 is 3.12. The summed E-state index contributed by atoms with van der Waals surface area (Å²) in [4.78, 5) is 17.0. The molecule has 3 aromatic rings. The first-order chi connectivity index (χ1) is 11.6. The van der Waals surface area contributed by atoms with E-state index in [1.807, 2.05) is 48.0 Å². The van der Waals surface area contributed by atoms with Crippen LogP contribution in [0.15, 0.2) is 58.6 Å². The Bertz CT molecular complexity index is 957. The minimum Gasteiger partial charge on any atom is -0.320 e. The van der Waals surface area contributed by atoms with Crippen LogP contribution in [0.4, 0.5) is 0 Å². The lowest BCUT2D eigenvalue weighted by molar-refractivity contribution is -0.119. The first-order valence-electron chi connectivity index (χ1n) is 7.26. The predicted molar refractivity (Wildman–Crippen MR) is 98.4 cm³/mol. The van der Waals surface area contributed by atoms with Crippen LogP contribution in [0.3, 0.4) is 0 Å². The molecule has 0 aliphatic heterocycles. The number of carbonyl (C=O) groups excluding carboxylic acids is 1. The number of hydrogen-bond acceptors (Lipinski definition) is 4. The number of hydrazone groups is 1. The van der Waals surface area contributed by atoms with Gasteiger partial charge in [0.25, 0.3) is 5.91 Å². The van der Waals surface area contributed by atoms with Crippen molar-refractivity contribution in [2.45, 2.75) is 0 Å². The Kier molecular flexibility index (Phi) is 5.08.